The molecule has 1 N–H and O–H groups in total. The molecule has 0 aromatic heterocycles. The maximum atomic E-state index is 11.7. The van der Waals surface area contributed by atoms with Crippen molar-refractivity contribution in [1.82, 2.24) is 10.2 Å². The van der Waals surface area contributed by atoms with E-state index >= 15 is 0 Å². The summed E-state index contributed by atoms with van der Waals surface area (Å²) in [5.41, 5.74) is 0. The van der Waals surface area contributed by atoms with Gasteiger partial charge in [-0.25, -0.2) is 0 Å². The summed E-state index contributed by atoms with van der Waals surface area (Å²) in [6.45, 7) is 5.02. The Morgan fingerprint density at radius 1 is 1.40 bits per heavy atom. The second kappa shape index (κ2) is 3.83. The Balaban J connectivity index is 2.12. The number of piperazine rings is 1. The van der Waals surface area contributed by atoms with Crippen LogP contribution in [0.25, 0.3) is 0 Å². The normalized spacial score (nSPS) is 27.1. The standard InChI is InChI=1S/C11H18N2O2/c1-7(2)6-13-9(14)5-12-11(15)10(13)8-3-4-8/h7-8,10H,3-6H2,1-2H3,(H,12,15). The molecular weight excluding hydrogens is 192 g/mol. The number of nitrogens with zero attached hydrogens (tertiary/aromatic N) is 1. The highest BCUT2D eigenvalue weighted by atomic mass is 16.2. The molecule has 2 aliphatic rings. The highest BCUT2D eigenvalue weighted by molar-refractivity contribution is 5.95. The van der Waals surface area contributed by atoms with Gasteiger partial charge >= 0.3 is 0 Å². The first-order valence-electron chi connectivity index (χ1n) is 5.66. The van der Waals surface area contributed by atoms with Crippen LogP contribution < -0.4 is 5.32 Å². The molecule has 0 radical (unpaired) electrons. The molecule has 2 rings (SSSR count). The summed E-state index contributed by atoms with van der Waals surface area (Å²) in [6, 6.07) is -0.186. The van der Waals surface area contributed by atoms with Gasteiger partial charge in [-0.1, -0.05) is 13.8 Å². The number of carbonyl (C=O) groups excluding carboxylic acids is 2. The van der Waals surface area contributed by atoms with Gasteiger partial charge in [0.2, 0.25) is 11.8 Å². The lowest BCUT2D eigenvalue weighted by molar-refractivity contribution is -0.147. The van der Waals surface area contributed by atoms with E-state index in [1.165, 1.54) is 0 Å². The number of hydrogen-bond acceptors (Lipinski definition) is 2. The lowest BCUT2D eigenvalue weighted by atomic mass is 10.0. The summed E-state index contributed by atoms with van der Waals surface area (Å²) in [5, 5.41) is 2.68. The van der Waals surface area contributed by atoms with Gasteiger partial charge in [-0.2, -0.15) is 0 Å². The lowest BCUT2D eigenvalue weighted by Crippen LogP contribution is -2.59. The molecule has 2 amide bonds. The van der Waals surface area contributed by atoms with Crippen LogP contribution in [0, 0.1) is 11.8 Å². The summed E-state index contributed by atoms with van der Waals surface area (Å²) < 4.78 is 0. The average molecular weight is 210 g/mol. The van der Waals surface area contributed by atoms with Gasteiger partial charge in [-0.05, 0) is 24.7 Å². The monoisotopic (exact) mass is 210 g/mol. The lowest BCUT2D eigenvalue weighted by Gasteiger charge is -2.36. The fourth-order valence-electron chi connectivity index (χ4n) is 2.15. The molecule has 2 fully saturated rings. The number of nitrogens with one attached hydrogen (secondary N) is 1. The Hall–Kier alpha value is -1.06. The van der Waals surface area contributed by atoms with Crippen LogP contribution in [0.3, 0.4) is 0 Å². The van der Waals surface area contributed by atoms with Crippen LogP contribution in [0.15, 0.2) is 0 Å². The van der Waals surface area contributed by atoms with E-state index in [4.69, 9.17) is 0 Å². The van der Waals surface area contributed by atoms with Crippen LogP contribution in [0.2, 0.25) is 0 Å². The third-order valence-electron chi connectivity index (χ3n) is 2.97. The van der Waals surface area contributed by atoms with Crippen molar-refractivity contribution in [3.63, 3.8) is 0 Å². The first-order chi connectivity index (χ1) is 7.09. The largest absolute Gasteiger partial charge is 0.345 e. The Labute approximate surface area is 90.0 Å². The fraction of sp³-hybridized carbons (Fsp3) is 0.818. The van der Waals surface area contributed by atoms with Gasteiger partial charge in [0, 0.05) is 6.54 Å². The van der Waals surface area contributed by atoms with Crippen LogP contribution in [-0.2, 0) is 9.59 Å². The van der Waals surface area contributed by atoms with E-state index in [1.807, 2.05) is 0 Å². The van der Waals surface area contributed by atoms with Gasteiger partial charge in [-0.3, -0.25) is 9.59 Å². The van der Waals surface area contributed by atoms with E-state index in [-0.39, 0.29) is 24.4 Å². The first kappa shape index (κ1) is 10.5. The predicted octanol–water partition coefficient (Wildman–Crippen LogP) is 0.379. The molecule has 1 atom stereocenters. The van der Waals surface area contributed by atoms with E-state index in [9.17, 15) is 9.59 Å². The quantitative estimate of drug-likeness (QED) is 0.732. The molecule has 1 saturated carbocycles. The summed E-state index contributed by atoms with van der Waals surface area (Å²) in [7, 11) is 0. The van der Waals surface area contributed by atoms with Crippen molar-refractivity contribution >= 4 is 11.8 Å². The number of rotatable bonds is 3. The third kappa shape index (κ3) is 2.13. The van der Waals surface area contributed by atoms with Crippen LogP contribution in [0.5, 0.6) is 0 Å². The third-order valence-corrected chi connectivity index (χ3v) is 2.97. The maximum Gasteiger partial charge on any atom is 0.243 e. The molecule has 0 bridgehead atoms. The molecule has 1 heterocycles. The van der Waals surface area contributed by atoms with Crippen molar-refractivity contribution in [1.29, 1.82) is 0 Å². The summed E-state index contributed by atoms with van der Waals surface area (Å²) in [4.78, 5) is 25.2. The number of carbonyl (C=O) groups is 2. The Morgan fingerprint density at radius 2 is 2.07 bits per heavy atom. The molecule has 15 heavy (non-hydrogen) atoms. The SMILES string of the molecule is CC(C)CN1C(=O)CNC(=O)C1C1CC1. The fourth-order valence-corrected chi connectivity index (χ4v) is 2.15. The smallest absolute Gasteiger partial charge is 0.243 e. The van der Waals surface area contributed by atoms with Gasteiger partial charge in [0.25, 0.3) is 0 Å². The van der Waals surface area contributed by atoms with E-state index in [0.717, 1.165) is 12.8 Å². The molecule has 84 valence electrons. The first-order valence-corrected chi connectivity index (χ1v) is 5.66. The number of hydrogen-bond donors (Lipinski definition) is 1. The van der Waals surface area contributed by atoms with Gasteiger partial charge in [-0.15, -0.1) is 0 Å². The number of amides is 2. The van der Waals surface area contributed by atoms with E-state index in [1.54, 1.807) is 4.90 Å². The zero-order valence-electron chi connectivity index (χ0n) is 9.32. The molecule has 0 spiro atoms. The molecule has 1 aliphatic carbocycles. The summed E-state index contributed by atoms with van der Waals surface area (Å²) in [5.74, 6) is 0.937. The van der Waals surface area contributed by atoms with E-state index in [0.29, 0.717) is 18.4 Å². The Bertz CT molecular complexity index is 284. The van der Waals surface area contributed by atoms with Crippen molar-refractivity contribution in [2.45, 2.75) is 32.7 Å². The molecule has 4 heteroatoms. The molecule has 1 unspecified atom stereocenters. The topological polar surface area (TPSA) is 49.4 Å². The minimum atomic E-state index is -0.186. The molecule has 4 nitrogen and oxygen atoms in total. The van der Waals surface area contributed by atoms with Gasteiger partial charge in [0.15, 0.2) is 0 Å². The predicted molar refractivity (Wildman–Crippen MR) is 56.1 cm³/mol. The highest BCUT2D eigenvalue weighted by Crippen LogP contribution is 2.36. The molecule has 0 aromatic carbocycles. The van der Waals surface area contributed by atoms with Crippen LogP contribution >= 0.6 is 0 Å². The average Bonchev–Trinajstić information content (AvgIpc) is 2.94. The van der Waals surface area contributed by atoms with Crippen LogP contribution in [0.4, 0.5) is 0 Å². The van der Waals surface area contributed by atoms with Crippen molar-refractivity contribution in [3.8, 4) is 0 Å². The molecule has 0 aromatic rings. The Kier molecular flexibility index (Phi) is 2.67. The van der Waals surface area contributed by atoms with E-state index < -0.39 is 0 Å². The Morgan fingerprint density at radius 3 is 2.60 bits per heavy atom. The van der Waals surface area contributed by atoms with Crippen LogP contribution in [-0.4, -0.2) is 35.8 Å². The van der Waals surface area contributed by atoms with Gasteiger partial charge < -0.3 is 10.2 Å². The molecule has 1 aliphatic heterocycles. The van der Waals surface area contributed by atoms with Crippen molar-refractivity contribution in [3.05, 3.63) is 0 Å². The zero-order chi connectivity index (χ0) is 11.0. The highest BCUT2D eigenvalue weighted by Gasteiger charge is 2.44. The van der Waals surface area contributed by atoms with Gasteiger partial charge in [0.05, 0.1) is 6.54 Å². The van der Waals surface area contributed by atoms with Crippen molar-refractivity contribution in [2.24, 2.45) is 11.8 Å². The molecule has 1 saturated heterocycles. The summed E-state index contributed by atoms with van der Waals surface area (Å²) in [6.07, 6.45) is 2.17. The van der Waals surface area contributed by atoms with E-state index in [2.05, 4.69) is 19.2 Å². The summed E-state index contributed by atoms with van der Waals surface area (Å²) >= 11 is 0. The minimum absolute atomic E-state index is 0.0396. The molecular formula is C11H18N2O2. The zero-order valence-corrected chi connectivity index (χ0v) is 9.32. The minimum Gasteiger partial charge on any atom is -0.345 e. The van der Waals surface area contributed by atoms with Crippen molar-refractivity contribution < 1.29 is 9.59 Å². The second-order valence-electron chi connectivity index (χ2n) is 4.94. The van der Waals surface area contributed by atoms with Gasteiger partial charge in [0.1, 0.15) is 6.04 Å². The van der Waals surface area contributed by atoms with Crippen LogP contribution in [0.1, 0.15) is 26.7 Å². The second-order valence-corrected chi connectivity index (χ2v) is 4.94. The maximum absolute atomic E-state index is 11.7. The van der Waals surface area contributed by atoms with Crippen molar-refractivity contribution in [2.75, 3.05) is 13.1 Å².